The van der Waals surface area contributed by atoms with E-state index in [-0.39, 0.29) is 23.4 Å². The highest BCUT2D eigenvalue weighted by Crippen LogP contribution is 2.30. The quantitative estimate of drug-likeness (QED) is 0.714. The van der Waals surface area contributed by atoms with Crippen molar-refractivity contribution in [2.75, 3.05) is 24.6 Å². The molecule has 1 unspecified atom stereocenters. The van der Waals surface area contributed by atoms with Crippen LogP contribution in [0.5, 0.6) is 5.88 Å². The Kier molecular flexibility index (Phi) is 5.46. The van der Waals surface area contributed by atoms with Crippen LogP contribution in [0.1, 0.15) is 48.4 Å². The summed E-state index contributed by atoms with van der Waals surface area (Å²) in [6.07, 6.45) is 3.27. The van der Waals surface area contributed by atoms with Gasteiger partial charge in [-0.25, -0.2) is 4.98 Å². The number of ether oxygens (including phenoxy) is 1. The Balaban J connectivity index is 1.50. The maximum Gasteiger partial charge on any atom is 0.272 e. The summed E-state index contributed by atoms with van der Waals surface area (Å²) in [5, 5.41) is 6.81. The number of carbonyl (C=O) groups is 2. The van der Waals surface area contributed by atoms with Gasteiger partial charge >= 0.3 is 0 Å². The number of nitrogens with zero attached hydrogens (tertiary/aromatic N) is 4. The van der Waals surface area contributed by atoms with E-state index in [9.17, 15) is 9.59 Å². The molecule has 154 valence electrons. The van der Waals surface area contributed by atoms with Gasteiger partial charge in [0.1, 0.15) is 0 Å². The van der Waals surface area contributed by atoms with Crippen LogP contribution in [-0.2, 0) is 11.2 Å². The second kappa shape index (κ2) is 8.18. The zero-order valence-corrected chi connectivity index (χ0v) is 16.7. The van der Waals surface area contributed by atoms with E-state index < -0.39 is 0 Å². The number of aromatic nitrogens is 3. The van der Waals surface area contributed by atoms with Crippen molar-refractivity contribution in [3.05, 3.63) is 29.5 Å². The zero-order chi connectivity index (χ0) is 20.4. The summed E-state index contributed by atoms with van der Waals surface area (Å²) >= 11 is 0. The Morgan fingerprint density at radius 1 is 1.38 bits per heavy atom. The van der Waals surface area contributed by atoms with Crippen LogP contribution < -0.4 is 15.0 Å². The highest BCUT2D eigenvalue weighted by atomic mass is 16.5. The SMILES string of the molecule is Cc1nc(CC(C)NC(=O)c2nc(OCC3CC3)ccc2N2CCC(=O)C2)no1. The number of amides is 1. The maximum atomic E-state index is 13.0. The van der Waals surface area contributed by atoms with E-state index in [1.54, 1.807) is 13.0 Å². The molecule has 4 rings (SSSR count). The molecule has 1 saturated heterocycles. The highest BCUT2D eigenvalue weighted by molar-refractivity contribution is 5.99. The van der Waals surface area contributed by atoms with Gasteiger partial charge in [-0.1, -0.05) is 5.16 Å². The summed E-state index contributed by atoms with van der Waals surface area (Å²) in [5.74, 6) is 1.88. The fourth-order valence-electron chi connectivity index (χ4n) is 3.30. The largest absolute Gasteiger partial charge is 0.477 e. The van der Waals surface area contributed by atoms with Crippen molar-refractivity contribution < 1.29 is 18.8 Å². The first-order valence-electron chi connectivity index (χ1n) is 9.98. The van der Waals surface area contributed by atoms with Crippen molar-refractivity contribution in [1.82, 2.24) is 20.4 Å². The minimum Gasteiger partial charge on any atom is -0.477 e. The first-order chi connectivity index (χ1) is 14.0. The molecular formula is C20H25N5O4. The van der Waals surface area contributed by atoms with Crippen molar-refractivity contribution in [3.63, 3.8) is 0 Å². The lowest BCUT2D eigenvalue weighted by molar-refractivity contribution is -0.116. The standard InChI is InChI=1S/C20H25N5O4/c1-12(9-17-22-13(2)29-24-17)21-20(27)19-16(25-8-7-15(26)10-25)5-6-18(23-19)28-11-14-3-4-14/h5-6,12,14H,3-4,7-11H2,1-2H3,(H,21,27). The van der Waals surface area contributed by atoms with Crippen molar-refractivity contribution in [2.24, 2.45) is 5.92 Å². The number of nitrogens with one attached hydrogen (secondary N) is 1. The number of rotatable bonds is 8. The molecule has 0 radical (unpaired) electrons. The number of hydrogen-bond acceptors (Lipinski definition) is 8. The minimum absolute atomic E-state index is 0.159. The highest BCUT2D eigenvalue weighted by Gasteiger charge is 2.27. The van der Waals surface area contributed by atoms with Gasteiger partial charge in [0.05, 0.1) is 18.8 Å². The Hall–Kier alpha value is -2.97. The van der Waals surface area contributed by atoms with Crippen LogP contribution in [0.4, 0.5) is 5.69 Å². The predicted molar refractivity (Wildman–Crippen MR) is 104 cm³/mol. The van der Waals surface area contributed by atoms with Crippen molar-refractivity contribution in [1.29, 1.82) is 0 Å². The van der Waals surface area contributed by atoms with E-state index in [1.165, 1.54) is 12.8 Å². The fourth-order valence-corrected chi connectivity index (χ4v) is 3.30. The number of hydrogen-bond donors (Lipinski definition) is 1. The topological polar surface area (TPSA) is 110 Å². The normalized spacial score (nSPS) is 17.4. The summed E-state index contributed by atoms with van der Waals surface area (Å²) in [6, 6.07) is 3.36. The van der Waals surface area contributed by atoms with Gasteiger partial charge in [-0.15, -0.1) is 0 Å². The van der Waals surface area contributed by atoms with Crippen LogP contribution in [0, 0.1) is 12.8 Å². The number of pyridine rings is 1. The molecule has 2 aromatic rings. The molecule has 0 aromatic carbocycles. The molecule has 1 aliphatic carbocycles. The van der Waals surface area contributed by atoms with E-state index in [4.69, 9.17) is 9.26 Å². The molecule has 9 heteroatoms. The number of anilines is 1. The van der Waals surface area contributed by atoms with Crippen LogP contribution in [0.3, 0.4) is 0 Å². The van der Waals surface area contributed by atoms with Crippen LogP contribution in [0.25, 0.3) is 0 Å². The number of aryl methyl sites for hydroxylation is 1. The molecule has 1 saturated carbocycles. The van der Waals surface area contributed by atoms with Gasteiger partial charge in [0.15, 0.2) is 17.3 Å². The van der Waals surface area contributed by atoms with Gasteiger partial charge in [0.2, 0.25) is 11.8 Å². The second-order valence-electron chi connectivity index (χ2n) is 7.79. The van der Waals surface area contributed by atoms with Crippen molar-refractivity contribution in [3.8, 4) is 5.88 Å². The number of carbonyl (C=O) groups excluding carboxylic acids is 2. The Morgan fingerprint density at radius 3 is 2.86 bits per heavy atom. The minimum atomic E-state index is -0.316. The fraction of sp³-hybridized carbons (Fsp3) is 0.550. The molecule has 2 aliphatic rings. The molecule has 1 atom stereocenters. The van der Waals surface area contributed by atoms with Gasteiger partial charge < -0.3 is 19.5 Å². The van der Waals surface area contributed by atoms with Crippen molar-refractivity contribution in [2.45, 2.75) is 45.6 Å². The monoisotopic (exact) mass is 399 g/mol. The molecule has 29 heavy (non-hydrogen) atoms. The first-order valence-corrected chi connectivity index (χ1v) is 9.98. The lowest BCUT2D eigenvalue weighted by Crippen LogP contribution is -2.36. The zero-order valence-electron chi connectivity index (χ0n) is 16.7. The molecule has 3 heterocycles. The third-order valence-electron chi connectivity index (χ3n) is 5.03. The van der Waals surface area contributed by atoms with Gasteiger partial charge in [-0.3, -0.25) is 9.59 Å². The van der Waals surface area contributed by atoms with Gasteiger partial charge in [0.25, 0.3) is 5.91 Å². The van der Waals surface area contributed by atoms with Crippen LogP contribution in [0.2, 0.25) is 0 Å². The summed E-state index contributed by atoms with van der Waals surface area (Å²) in [7, 11) is 0. The predicted octanol–water partition coefficient (Wildman–Crippen LogP) is 1.70. The average Bonchev–Trinajstić information content (AvgIpc) is 3.29. The molecule has 9 nitrogen and oxygen atoms in total. The third kappa shape index (κ3) is 4.90. The van der Waals surface area contributed by atoms with Crippen molar-refractivity contribution >= 4 is 17.4 Å². The summed E-state index contributed by atoms with van der Waals surface area (Å²) in [6.45, 7) is 5.09. The Bertz CT molecular complexity index is 908. The van der Waals surface area contributed by atoms with E-state index in [1.807, 2.05) is 17.9 Å². The van der Waals surface area contributed by atoms with E-state index in [0.717, 1.165) is 0 Å². The summed E-state index contributed by atoms with van der Waals surface area (Å²) in [4.78, 5) is 35.3. The number of Topliss-reactive ketones (excluding diaryl/α,β-unsaturated/α-hetero) is 1. The number of ketones is 1. The molecular weight excluding hydrogens is 374 g/mol. The van der Waals surface area contributed by atoms with E-state index in [2.05, 4.69) is 20.4 Å². The molecule has 1 amide bonds. The Labute approximate surface area is 168 Å². The second-order valence-corrected chi connectivity index (χ2v) is 7.79. The first kappa shape index (κ1) is 19.4. The summed E-state index contributed by atoms with van der Waals surface area (Å²) < 4.78 is 10.7. The summed E-state index contributed by atoms with van der Waals surface area (Å²) in [5.41, 5.74) is 0.916. The van der Waals surface area contributed by atoms with Crippen LogP contribution in [-0.4, -0.2) is 52.6 Å². The Morgan fingerprint density at radius 2 is 2.21 bits per heavy atom. The molecule has 0 spiro atoms. The molecule has 2 fully saturated rings. The average molecular weight is 399 g/mol. The van der Waals surface area contributed by atoms with E-state index in [0.29, 0.717) is 61.7 Å². The lowest BCUT2D eigenvalue weighted by Gasteiger charge is -2.21. The maximum absolute atomic E-state index is 13.0. The molecule has 0 bridgehead atoms. The van der Waals surface area contributed by atoms with Gasteiger partial charge in [-0.2, -0.15) is 4.98 Å². The van der Waals surface area contributed by atoms with E-state index >= 15 is 0 Å². The molecule has 2 aromatic heterocycles. The van der Waals surface area contributed by atoms with Crippen LogP contribution >= 0.6 is 0 Å². The third-order valence-corrected chi connectivity index (χ3v) is 5.03. The lowest BCUT2D eigenvalue weighted by atomic mass is 10.2. The van der Waals surface area contributed by atoms with Gasteiger partial charge in [-0.05, 0) is 31.7 Å². The molecule has 1 N–H and O–H groups in total. The smallest absolute Gasteiger partial charge is 0.272 e. The molecule has 1 aliphatic heterocycles. The van der Waals surface area contributed by atoms with Gasteiger partial charge in [0, 0.05) is 38.4 Å². The van der Waals surface area contributed by atoms with Crippen LogP contribution in [0.15, 0.2) is 16.7 Å².